The Morgan fingerprint density at radius 2 is 2.11 bits per heavy atom. The van der Waals surface area contributed by atoms with Gasteiger partial charge in [-0.3, -0.25) is 4.79 Å². The van der Waals surface area contributed by atoms with Crippen LogP contribution in [0.15, 0.2) is 11.0 Å². The van der Waals surface area contributed by atoms with E-state index in [-0.39, 0.29) is 11.4 Å². The van der Waals surface area contributed by atoms with Gasteiger partial charge in [-0.25, -0.2) is 4.79 Å². The lowest BCUT2D eigenvalue weighted by atomic mass is 10.2. The van der Waals surface area contributed by atoms with Gasteiger partial charge in [-0.1, -0.05) is 0 Å². The number of carbonyl (C=O) groups is 1. The van der Waals surface area contributed by atoms with Crippen molar-refractivity contribution in [3.63, 3.8) is 0 Å². The minimum atomic E-state index is -5.11. The molecule has 1 aromatic rings. The molecule has 0 aliphatic rings. The van der Waals surface area contributed by atoms with E-state index in [4.69, 9.17) is 11.6 Å². The Balaban J connectivity index is 3.40. The topological polar surface area (TPSA) is 68.4 Å². The Kier molecular flexibility index (Phi) is 4.23. The van der Waals surface area contributed by atoms with Crippen molar-refractivity contribution in [2.24, 2.45) is 0 Å². The van der Waals surface area contributed by atoms with Gasteiger partial charge in [0.2, 0.25) is 11.2 Å². The highest BCUT2D eigenvalue weighted by Crippen LogP contribution is 2.23. The molecule has 18 heavy (non-hydrogen) atoms. The average Bonchev–Trinajstić information content (AvgIpc) is 2.29. The summed E-state index contributed by atoms with van der Waals surface area (Å²) in [5, 5.41) is 0. The number of halogens is 4. The molecule has 0 saturated carbocycles. The first-order valence-corrected chi connectivity index (χ1v) is 4.98. The molecule has 0 aliphatic heterocycles. The van der Waals surface area contributed by atoms with Gasteiger partial charge in [-0.2, -0.15) is 0 Å². The summed E-state index contributed by atoms with van der Waals surface area (Å²) < 4.78 is 44.2. The van der Waals surface area contributed by atoms with E-state index >= 15 is 0 Å². The third kappa shape index (κ3) is 3.16. The number of rotatable bonds is 3. The van der Waals surface area contributed by atoms with Crippen LogP contribution in [0.1, 0.15) is 16.1 Å². The third-order valence-electron chi connectivity index (χ3n) is 1.87. The molecule has 0 saturated heterocycles. The molecule has 1 rings (SSSR count). The monoisotopic (exact) mass is 285 g/mol. The number of hydrogen-bond donors (Lipinski definition) is 1. The van der Waals surface area contributed by atoms with Gasteiger partial charge in [0.25, 0.3) is 0 Å². The van der Waals surface area contributed by atoms with Crippen LogP contribution in [0.25, 0.3) is 0 Å². The quantitative estimate of drug-likeness (QED) is 0.679. The number of aromatic nitrogens is 1. The van der Waals surface area contributed by atoms with E-state index in [1.54, 1.807) is 0 Å². The molecule has 0 fully saturated rings. The predicted molar refractivity (Wildman–Crippen MR) is 54.6 cm³/mol. The molecule has 0 amide bonds. The molecule has 5 nitrogen and oxygen atoms in total. The number of hydrogen-bond acceptors (Lipinski definition) is 4. The van der Waals surface area contributed by atoms with Crippen LogP contribution < -0.4 is 10.2 Å². The summed E-state index contributed by atoms with van der Waals surface area (Å²) in [6, 6.07) is 0. The van der Waals surface area contributed by atoms with Gasteiger partial charge in [0, 0.05) is 11.8 Å². The zero-order valence-electron chi connectivity index (χ0n) is 8.93. The van der Waals surface area contributed by atoms with E-state index in [1.807, 2.05) is 0 Å². The lowest BCUT2D eigenvalue weighted by molar-refractivity contribution is -0.275. The number of carbonyl (C=O) groups excluding carboxylic acids is 1. The summed E-state index contributed by atoms with van der Waals surface area (Å²) in [4.78, 5) is 25.0. The van der Waals surface area contributed by atoms with E-state index in [9.17, 15) is 22.8 Å². The van der Waals surface area contributed by atoms with Gasteiger partial charge in [0.1, 0.15) is 0 Å². The number of alkyl halides is 4. The summed E-state index contributed by atoms with van der Waals surface area (Å²) >= 11 is 5.37. The molecule has 1 N–H and O–H groups in total. The van der Waals surface area contributed by atoms with Crippen molar-refractivity contribution >= 4 is 17.6 Å². The van der Waals surface area contributed by atoms with E-state index in [2.05, 4.69) is 14.5 Å². The maximum atomic E-state index is 12.1. The molecule has 0 bridgehead atoms. The molecule has 0 atom stereocenters. The smallest absolute Gasteiger partial charge is 0.464 e. The minimum Gasteiger partial charge on any atom is -0.464 e. The van der Waals surface area contributed by atoms with Crippen molar-refractivity contribution in [2.45, 2.75) is 12.2 Å². The van der Waals surface area contributed by atoms with Crippen LogP contribution in [0.3, 0.4) is 0 Å². The molecular formula is C9H7ClF3NO4. The van der Waals surface area contributed by atoms with Crippen molar-refractivity contribution in [3.8, 4) is 5.75 Å². The first-order valence-electron chi connectivity index (χ1n) is 4.44. The van der Waals surface area contributed by atoms with Gasteiger partial charge in [0.15, 0.2) is 5.69 Å². The van der Waals surface area contributed by atoms with Crippen LogP contribution in [-0.4, -0.2) is 24.4 Å². The van der Waals surface area contributed by atoms with Crippen molar-refractivity contribution in [1.29, 1.82) is 0 Å². The fraction of sp³-hybridized carbons (Fsp3) is 0.333. The Labute approximate surface area is 103 Å². The highest BCUT2D eigenvalue weighted by atomic mass is 35.5. The number of pyridine rings is 1. The van der Waals surface area contributed by atoms with Crippen LogP contribution >= 0.6 is 11.6 Å². The van der Waals surface area contributed by atoms with E-state index in [0.29, 0.717) is 0 Å². The number of ether oxygens (including phenoxy) is 2. The number of methoxy groups -OCH3 is 1. The van der Waals surface area contributed by atoms with Gasteiger partial charge >= 0.3 is 12.3 Å². The van der Waals surface area contributed by atoms with Crippen LogP contribution in [0.5, 0.6) is 5.75 Å². The predicted octanol–water partition coefficient (Wildman–Crippen LogP) is 1.80. The second kappa shape index (κ2) is 5.30. The van der Waals surface area contributed by atoms with Crippen molar-refractivity contribution < 1.29 is 27.4 Å². The summed E-state index contributed by atoms with van der Waals surface area (Å²) in [5.74, 6) is -2.68. The summed E-state index contributed by atoms with van der Waals surface area (Å²) in [6.45, 7) is 0. The van der Waals surface area contributed by atoms with Gasteiger partial charge in [0.05, 0.1) is 13.0 Å². The normalized spacial score (nSPS) is 11.2. The molecule has 0 spiro atoms. The Bertz CT molecular complexity index is 512. The van der Waals surface area contributed by atoms with E-state index in [0.717, 1.165) is 13.3 Å². The SMILES string of the molecule is COC(=O)c1[nH]cc(CCl)c(=O)c1OC(F)(F)F. The molecule has 0 radical (unpaired) electrons. The van der Waals surface area contributed by atoms with Crippen molar-refractivity contribution in [2.75, 3.05) is 7.11 Å². The molecule has 9 heteroatoms. The lowest BCUT2D eigenvalue weighted by Crippen LogP contribution is -2.26. The van der Waals surface area contributed by atoms with Crippen LogP contribution in [0.4, 0.5) is 13.2 Å². The average molecular weight is 286 g/mol. The van der Waals surface area contributed by atoms with Crippen LogP contribution in [0.2, 0.25) is 0 Å². The lowest BCUT2D eigenvalue weighted by Gasteiger charge is -2.12. The highest BCUT2D eigenvalue weighted by Gasteiger charge is 2.35. The minimum absolute atomic E-state index is 0.163. The number of nitrogens with one attached hydrogen (secondary N) is 1. The van der Waals surface area contributed by atoms with E-state index < -0.39 is 29.2 Å². The number of esters is 1. The summed E-state index contributed by atoms with van der Waals surface area (Å²) in [6.07, 6.45) is -4.09. The van der Waals surface area contributed by atoms with Gasteiger partial charge in [-0.15, -0.1) is 24.8 Å². The number of aromatic amines is 1. The Morgan fingerprint density at radius 1 is 1.50 bits per heavy atom. The van der Waals surface area contributed by atoms with Gasteiger partial charge in [-0.05, 0) is 0 Å². The fourth-order valence-corrected chi connectivity index (χ4v) is 1.31. The van der Waals surface area contributed by atoms with Crippen LogP contribution in [0, 0.1) is 0 Å². The second-order valence-corrected chi connectivity index (χ2v) is 3.29. The Hall–Kier alpha value is -1.70. The molecule has 0 unspecified atom stereocenters. The Morgan fingerprint density at radius 3 is 2.56 bits per heavy atom. The van der Waals surface area contributed by atoms with Crippen molar-refractivity contribution in [1.82, 2.24) is 4.98 Å². The highest BCUT2D eigenvalue weighted by molar-refractivity contribution is 6.17. The zero-order chi connectivity index (χ0) is 13.9. The molecule has 1 aromatic heterocycles. The van der Waals surface area contributed by atoms with Gasteiger partial charge < -0.3 is 14.5 Å². The van der Waals surface area contributed by atoms with Crippen LogP contribution in [-0.2, 0) is 10.6 Å². The largest absolute Gasteiger partial charge is 0.573 e. The molecule has 100 valence electrons. The molecule has 0 aromatic carbocycles. The van der Waals surface area contributed by atoms with Crippen molar-refractivity contribution in [3.05, 3.63) is 27.7 Å². The fourth-order valence-electron chi connectivity index (χ4n) is 1.12. The maximum absolute atomic E-state index is 12.1. The summed E-state index contributed by atoms with van der Waals surface area (Å²) in [5.41, 5.74) is -2.02. The third-order valence-corrected chi connectivity index (χ3v) is 2.15. The molecule has 1 heterocycles. The standard InChI is InChI=1S/C9H7ClF3NO4/c1-17-8(16)5-7(18-9(11,12)13)6(15)4(2-10)3-14-5/h3H,2H2,1H3,(H,14,15). The first-order chi connectivity index (χ1) is 8.30. The second-order valence-electron chi connectivity index (χ2n) is 3.02. The number of H-pyrrole nitrogens is 1. The molecular weight excluding hydrogens is 279 g/mol. The molecule has 0 aliphatic carbocycles. The first kappa shape index (κ1) is 14.4. The van der Waals surface area contributed by atoms with E-state index in [1.165, 1.54) is 0 Å². The summed E-state index contributed by atoms with van der Waals surface area (Å²) in [7, 11) is 0.952. The zero-order valence-corrected chi connectivity index (χ0v) is 9.69. The maximum Gasteiger partial charge on any atom is 0.573 e.